The van der Waals surface area contributed by atoms with E-state index in [1.54, 1.807) is 6.92 Å². The van der Waals surface area contributed by atoms with Gasteiger partial charge in [-0.2, -0.15) is 13.2 Å². The summed E-state index contributed by atoms with van der Waals surface area (Å²) in [5.41, 5.74) is 3.83. The van der Waals surface area contributed by atoms with Gasteiger partial charge in [0.1, 0.15) is 0 Å². The summed E-state index contributed by atoms with van der Waals surface area (Å²) >= 11 is 0. The summed E-state index contributed by atoms with van der Waals surface area (Å²) in [7, 11) is 0. The molecule has 1 rings (SSSR count). The molecule has 1 atom stereocenters. The average molecular weight is 317 g/mol. The molecule has 0 aliphatic carbocycles. The third-order valence-corrected chi connectivity index (χ3v) is 3.21. The number of alkyl halides is 3. The second kappa shape index (κ2) is 7.00. The van der Waals surface area contributed by atoms with Crippen LogP contribution in [0.5, 0.6) is 0 Å². The van der Waals surface area contributed by atoms with Gasteiger partial charge in [0, 0.05) is 6.54 Å². The van der Waals surface area contributed by atoms with Crippen LogP contribution in [0.4, 0.5) is 23.7 Å². The summed E-state index contributed by atoms with van der Waals surface area (Å²) < 4.78 is 38.6. The molecule has 4 nitrogen and oxygen atoms in total. The van der Waals surface area contributed by atoms with Crippen LogP contribution in [-0.2, 0) is 6.18 Å². The molecular formula is C15H22F3N3O. The molecule has 0 aliphatic heterocycles. The lowest BCUT2D eigenvalue weighted by Gasteiger charge is -2.31. The zero-order valence-electron chi connectivity index (χ0n) is 12.9. The molecule has 0 radical (unpaired) electrons. The first-order chi connectivity index (χ1) is 10.1. The van der Waals surface area contributed by atoms with Gasteiger partial charge >= 0.3 is 12.2 Å². The van der Waals surface area contributed by atoms with Crippen molar-refractivity contribution in [3.63, 3.8) is 0 Å². The number of carbonyl (C=O) groups is 1. The molecule has 1 unspecified atom stereocenters. The second-order valence-corrected chi connectivity index (χ2v) is 5.99. The SMILES string of the molecule is CC(C)CC(C)(CN)NC(=O)Nc1ccccc1C(F)(F)F. The molecule has 0 saturated carbocycles. The van der Waals surface area contributed by atoms with E-state index < -0.39 is 23.3 Å². The number of nitrogens with one attached hydrogen (secondary N) is 2. The number of nitrogens with two attached hydrogens (primary N) is 1. The Morgan fingerprint density at radius 3 is 2.36 bits per heavy atom. The molecule has 7 heteroatoms. The fourth-order valence-corrected chi connectivity index (χ4v) is 2.35. The van der Waals surface area contributed by atoms with Gasteiger partial charge in [0.25, 0.3) is 0 Å². The minimum Gasteiger partial charge on any atom is -0.331 e. The quantitative estimate of drug-likeness (QED) is 0.777. The Balaban J connectivity index is 2.86. The topological polar surface area (TPSA) is 67.1 Å². The number of urea groups is 1. The van der Waals surface area contributed by atoms with Crippen LogP contribution < -0.4 is 16.4 Å². The summed E-state index contributed by atoms with van der Waals surface area (Å²) in [6, 6.07) is 4.14. The van der Waals surface area contributed by atoms with E-state index in [1.165, 1.54) is 18.2 Å². The number of amides is 2. The number of halogens is 3. The van der Waals surface area contributed by atoms with Gasteiger partial charge in [0.05, 0.1) is 16.8 Å². The Bertz CT molecular complexity index is 517. The predicted octanol–water partition coefficient (Wildman–Crippen LogP) is 3.59. The van der Waals surface area contributed by atoms with Crippen molar-refractivity contribution in [2.75, 3.05) is 11.9 Å². The standard InChI is InChI=1S/C15H22F3N3O/c1-10(2)8-14(3,9-19)21-13(22)20-12-7-5-4-6-11(12)15(16,17)18/h4-7,10H,8-9,19H2,1-3H3,(H2,20,21,22). The molecule has 0 bridgehead atoms. The third-order valence-electron chi connectivity index (χ3n) is 3.21. The summed E-state index contributed by atoms with van der Waals surface area (Å²) in [6.07, 6.45) is -3.91. The lowest BCUT2D eigenvalue weighted by molar-refractivity contribution is -0.136. The molecule has 124 valence electrons. The molecule has 0 aliphatic rings. The molecule has 0 aromatic heterocycles. The first kappa shape index (κ1) is 18.3. The van der Waals surface area contributed by atoms with Crippen LogP contribution >= 0.6 is 0 Å². The highest BCUT2D eigenvalue weighted by Crippen LogP contribution is 2.34. The largest absolute Gasteiger partial charge is 0.418 e. The summed E-state index contributed by atoms with van der Waals surface area (Å²) in [6.45, 7) is 5.92. The van der Waals surface area contributed by atoms with E-state index in [0.717, 1.165) is 6.07 Å². The predicted molar refractivity (Wildman–Crippen MR) is 80.5 cm³/mol. The van der Waals surface area contributed by atoms with Crippen LogP contribution in [0.25, 0.3) is 0 Å². The van der Waals surface area contributed by atoms with Crippen molar-refractivity contribution in [1.29, 1.82) is 0 Å². The van der Waals surface area contributed by atoms with E-state index in [9.17, 15) is 18.0 Å². The fraction of sp³-hybridized carbons (Fsp3) is 0.533. The molecule has 0 saturated heterocycles. The van der Waals surface area contributed by atoms with Crippen molar-refractivity contribution in [2.45, 2.75) is 38.9 Å². The molecule has 0 fully saturated rings. The van der Waals surface area contributed by atoms with Gasteiger partial charge < -0.3 is 16.4 Å². The van der Waals surface area contributed by atoms with E-state index in [0.29, 0.717) is 6.42 Å². The highest BCUT2D eigenvalue weighted by molar-refractivity contribution is 5.90. The normalized spacial score (nSPS) is 14.5. The Morgan fingerprint density at radius 1 is 1.27 bits per heavy atom. The number of benzene rings is 1. The lowest BCUT2D eigenvalue weighted by Crippen LogP contribution is -2.53. The molecule has 0 spiro atoms. The first-order valence-corrected chi connectivity index (χ1v) is 7.03. The fourth-order valence-electron chi connectivity index (χ4n) is 2.35. The van der Waals surface area contributed by atoms with E-state index in [-0.39, 0.29) is 18.2 Å². The summed E-state index contributed by atoms with van der Waals surface area (Å²) in [4.78, 5) is 12.0. The number of hydrogen-bond donors (Lipinski definition) is 3. The number of hydrogen-bond acceptors (Lipinski definition) is 2. The number of carbonyl (C=O) groups excluding carboxylic acids is 1. The van der Waals surface area contributed by atoms with Crippen LogP contribution in [0.3, 0.4) is 0 Å². The van der Waals surface area contributed by atoms with Crippen molar-refractivity contribution >= 4 is 11.7 Å². The summed E-state index contributed by atoms with van der Waals surface area (Å²) in [5, 5.41) is 4.91. The van der Waals surface area contributed by atoms with Crippen molar-refractivity contribution in [3.8, 4) is 0 Å². The van der Waals surface area contributed by atoms with E-state index >= 15 is 0 Å². The Kier molecular flexibility index (Phi) is 5.82. The lowest BCUT2D eigenvalue weighted by atomic mass is 9.91. The molecule has 0 heterocycles. The van der Waals surface area contributed by atoms with Crippen LogP contribution in [0.1, 0.15) is 32.8 Å². The molecule has 22 heavy (non-hydrogen) atoms. The molecule has 2 amide bonds. The maximum absolute atomic E-state index is 12.9. The van der Waals surface area contributed by atoms with Crippen LogP contribution in [0.2, 0.25) is 0 Å². The Hall–Kier alpha value is -1.76. The highest BCUT2D eigenvalue weighted by Gasteiger charge is 2.34. The zero-order valence-corrected chi connectivity index (χ0v) is 12.9. The van der Waals surface area contributed by atoms with E-state index in [1.807, 2.05) is 13.8 Å². The zero-order chi connectivity index (χ0) is 17.0. The number of para-hydroxylation sites is 1. The second-order valence-electron chi connectivity index (χ2n) is 5.99. The van der Waals surface area contributed by atoms with Gasteiger partial charge in [-0.15, -0.1) is 0 Å². The van der Waals surface area contributed by atoms with E-state index in [2.05, 4.69) is 10.6 Å². The highest BCUT2D eigenvalue weighted by atomic mass is 19.4. The molecular weight excluding hydrogens is 295 g/mol. The van der Waals surface area contributed by atoms with Crippen molar-refractivity contribution in [1.82, 2.24) is 5.32 Å². The number of rotatable bonds is 5. The smallest absolute Gasteiger partial charge is 0.331 e. The van der Waals surface area contributed by atoms with Gasteiger partial charge in [-0.1, -0.05) is 26.0 Å². The molecule has 4 N–H and O–H groups in total. The van der Waals surface area contributed by atoms with Crippen LogP contribution in [0, 0.1) is 5.92 Å². The average Bonchev–Trinajstić information content (AvgIpc) is 2.36. The molecule has 1 aromatic carbocycles. The maximum atomic E-state index is 12.9. The minimum atomic E-state index is -4.53. The maximum Gasteiger partial charge on any atom is 0.418 e. The van der Waals surface area contributed by atoms with E-state index in [4.69, 9.17) is 5.73 Å². The van der Waals surface area contributed by atoms with Gasteiger partial charge in [0.15, 0.2) is 0 Å². The van der Waals surface area contributed by atoms with Gasteiger partial charge in [-0.3, -0.25) is 0 Å². The monoisotopic (exact) mass is 317 g/mol. The van der Waals surface area contributed by atoms with Gasteiger partial charge in [-0.25, -0.2) is 4.79 Å². The summed E-state index contributed by atoms with van der Waals surface area (Å²) in [5.74, 6) is 0.288. The minimum absolute atomic E-state index is 0.194. The van der Waals surface area contributed by atoms with Crippen LogP contribution in [-0.4, -0.2) is 18.1 Å². The van der Waals surface area contributed by atoms with Crippen molar-refractivity contribution < 1.29 is 18.0 Å². The third kappa shape index (κ3) is 5.22. The van der Waals surface area contributed by atoms with Gasteiger partial charge in [0.2, 0.25) is 0 Å². The number of anilines is 1. The van der Waals surface area contributed by atoms with Gasteiger partial charge in [-0.05, 0) is 31.4 Å². The van der Waals surface area contributed by atoms with Crippen molar-refractivity contribution in [3.05, 3.63) is 29.8 Å². The van der Waals surface area contributed by atoms with Crippen molar-refractivity contribution in [2.24, 2.45) is 11.7 Å². The Labute approximate surface area is 128 Å². The Morgan fingerprint density at radius 2 is 1.86 bits per heavy atom. The van der Waals surface area contributed by atoms with Crippen LogP contribution in [0.15, 0.2) is 24.3 Å². The first-order valence-electron chi connectivity index (χ1n) is 7.03. The molecule has 1 aromatic rings.